The lowest BCUT2D eigenvalue weighted by atomic mass is 9.91. The van der Waals surface area contributed by atoms with Crippen molar-refractivity contribution in [2.75, 3.05) is 7.05 Å². The first kappa shape index (κ1) is 14.5. The van der Waals surface area contributed by atoms with Crippen molar-refractivity contribution in [3.8, 4) is 0 Å². The van der Waals surface area contributed by atoms with Crippen molar-refractivity contribution in [2.24, 2.45) is 0 Å². The molecule has 0 aliphatic heterocycles. The molecule has 19 heavy (non-hydrogen) atoms. The fourth-order valence-electron chi connectivity index (χ4n) is 2.76. The van der Waals surface area contributed by atoms with Gasteiger partial charge < -0.3 is 5.32 Å². The van der Waals surface area contributed by atoms with Gasteiger partial charge in [-0.1, -0.05) is 48.2 Å². The number of nitrogens with one attached hydrogen (secondary N) is 1. The number of rotatable bonds is 3. The smallest absolute Gasteiger partial charge is 0.142 e. The van der Waals surface area contributed by atoms with Crippen LogP contribution in [0.2, 0.25) is 5.02 Å². The second kappa shape index (κ2) is 7.06. The van der Waals surface area contributed by atoms with Crippen LogP contribution >= 0.6 is 11.6 Å². The minimum Gasteiger partial charge on any atom is -0.310 e. The molecule has 1 aliphatic carbocycles. The van der Waals surface area contributed by atoms with Gasteiger partial charge in [0, 0.05) is 0 Å². The SMILES string of the molecule is CNC(/C1=C/CCCCCC1)c1cccc(F)c1Cl. The van der Waals surface area contributed by atoms with Crippen molar-refractivity contribution in [2.45, 2.75) is 44.6 Å². The van der Waals surface area contributed by atoms with Crippen molar-refractivity contribution in [3.63, 3.8) is 0 Å². The number of likely N-dealkylation sites (N-methyl/N-ethyl adjacent to an activating group) is 1. The Kier molecular flexibility index (Phi) is 5.41. The largest absolute Gasteiger partial charge is 0.310 e. The second-order valence-corrected chi connectivity index (χ2v) is 5.47. The average Bonchev–Trinajstić information content (AvgIpc) is 2.37. The van der Waals surface area contributed by atoms with Crippen LogP contribution in [0.4, 0.5) is 4.39 Å². The van der Waals surface area contributed by atoms with Crippen LogP contribution in [0.1, 0.15) is 50.1 Å². The summed E-state index contributed by atoms with van der Waals surface area (Å²) in [7, 11) is 1.91. The fraction of sp³-hybridized carbons (Fsp3) is 0.500. The molecule has 1 aliphatic rings. The molecule has 1 aromatic carbocycles. The fourth-order valence-corrected chi connectivity index (χ4v) is 3.00. The number of benzene rings is 1. The van der Waals surface area contributed by atoms with E-state index in [4.69, 9.17) is 11.6 Å². The molecule has 1 unspecified atom stereocenters. The van der Waals surface area contributed by atoms with Gasteiger partial charge >= 0.3 is 0 Å². The van der Waals surface area contributed by atoms with Crippen molar-refractivity contribution < 1.29 is 4.39 Å². The lowest BCUT2D eigenvalue weighted by Gasteiger charge is -2.23. The van der Waals surface area contributed by atoms with Crippen LogP contribution in [0.15, 0.2) is 29.8 Å². The van der Waals surface area contributed by atoms with E-state index in [1.807, 2.05) is 13.1 Å². The molecule has 104 valence electrons. The number of allylic oxidation sites excluding steroid dienone is 1. The molecule has 0 spiro atoms. The van der Waals surface area contributed by atoms with Gasteiger partial charge in [-0.3, -0.25) is 0 Å². The van der Waals surface area contributed by atoms with Crippen molar-refractivity contribution >= 4 is 11.6 Å². The van der Waals surface area contributed by atoms with E-state index in [1.54, 1.807) is 6.07 Å². The van der Waals surface area contributed by atoms with Gasteiger partial charge in [0.05, 0.1) is 11.1 Å². The molecule has 0 radical (unpaired) electrons. The summed E-state index contributed by atoms with van der Waals surface area (Å²) in [5.74, 6) is -0.342. The molecule has 1 aromatic rings. The van der Waals surface area contributed by atoms with Crippen molar-refractivity contribution in [1.82, 2.24) is 5.32 Å². The topological polar surface area (TPSA) is 12.0 Å². The Balaban J connectivity index is 2.30. The van der Waals surface area contributed by atoms with Crippen LogP contribution < -0.4 is 5.32 Å². The first-order chi connectivity index (χ1) is 9.24. The quantitative estimate of drug-likeness (QED) is 0.767. The van der Waals surface area contributed by atoms with Gasteiger partial charge in [0.15, 0.2) is 0 Å². The zero-order chi connectivity index (χ0) is 13.7. The predicted molar refractivity (Wildman–Crippen MR) is 79.0 cm³/mol. The highest BCUT2D eigenvalue weighted by atomic mass is 35.5. The highest BCUT2D eigenvalue weighted by molar-refractivity contribution is 6.31. The van der Waals surface area contributed by atoms with Crippen LogP contribution in [0, 0.1) is 5.82 Å². The summed E-state index contributed by atoms with van der Waals surface area (Å²) in [5, 5.41) is 3.53. The third-order valence-corrected chi connectivity index (χ3v) is 4.18. The van der Waals surface area contributed by atoms with Crippen LogP contribution in [0.5, 0.6) is 0 Å². The van der Waals surface area contributed by atoms with E-state index in [-0.39, 0.29) is 16.9 Å². The minimum atomic E-state index is -0.342. The molecule has 1 atom stereocenters. The van der Waals surface area contributed by atoms with Crippen molar-refractivity contribution in [3.05, 3.63) is 46.3 Å². The summed E-state index contributed by atoms with van der Waals surface area (Å²) in [6.07, 6.45) is 9.54. The summed E-state index contributed by atoms with van der Waals surface area (Å²) >= 11 is 6.12. The van der Waals surface area contributed by atoms with Gasteiger partial charge in [0.25, 0.3) is 0 Å². The van der Waals surface area contributed by atoms with E-state index in [2.05, 4.69) is 11.4 Å². The maximum atomic E-state index is 13.6. The molecular formula is C16H21ClFN. The monoisotopic (exact) mass is 281 g/mol. The second-order valence-electron chi connectivity index (χ2n) is 5.10. The molecule has 0 saturated heterocycles. The van der Waals surface area contributed by atoms with E-state index in [0.29, 0.717) is 0 Å². The lowest BCUT2D eigenvalue weighted by Crippen LogP contribution is -2.20. The molecule has 2 rings (SSSR count). The Morgan fingerprint density at radius 3 is 2.79 bits per heavy atom. The number of hydrogen-bond donors (Lipinski definition) is 1. The molecule has 1 N–H and O–H groups in total. The molecule has 0 amide bonds. The molecule has 0 bridgehead atoms. The highest BCUT2D eigenvalue weighted by Crippen LogP contribution is 2.33. The Labute approximate surface area is 119 Å². The number of hydrogen-bond acceptors (Lipinski definition) is 1. The van der Waals surface area contributed by atoms with Crippen LogP contribution in [-0.2, 0) is 0 Å². The molecular weight excluding hydrogens is 261 g/mol. The molecule has 0 fully saturated rings. The van der Waals surface area contributed by atoms with E-state index < -0.39 is 0 Å². The summed E-state index contributed by atoms with van der Waals surface area (Å²) < 4.78 is 13.6. The van der Waals surface area contributed by atoms with Gasteiger partial charge in [-0.15, -0.1) is 0 Å². The number of halogens is 2. The Morgan fingerprint density at radius 1 is 1.21 bits per heavy atom. The summed E-state index contributed by atoms with van der Waals surface area (Å²) in [6.45, 7) is 0. The van der Waals surface area contributed by atoms with E-state index in [9.17, 15) is 4.39 Å². The average molecular weight is 282 g/mol. The normalized spacial score (nSPS) is 21.1. The van der Waals surface area contributed by atoms with Gasteiger partial charge in [-0.05, 0) is 44.4 Å². The molecule has 0 saturated carbocycles. The molecule has 0 aromatic heterocycles. The minimum absolute atomic E-state index is 0.0290. The zero-order valence-corrected chi connectivity index (χ0v) is 12.1. The summed E-state index contributed by atoms with van der Waals surface area (Å²) in [4.78, 5) is 0. The third kappa shape index (κ3) is 3.58. The first-order valence-electron chi connectivity index (χ1n) is 7.04. The molecule has 3 heteroatoms. The van der Waals surface area contributed by atoms with Gasteiger partial charge in [-0.25, -0.2) is 4.39 Å². The van der Waals surface area contributed by atoms with Crippen LogP contribution in [-0.4, -0.2) is 7.05 Å². The van der Waals surface area contributed by atoms with E-state index in [1.165, 1.54) is 37.3 Å². The Morgan fingerprint density at radius 2 is 2.00 bits per heavy atom. The van der Waals surface area contributed by atoms with Gasteiger partial charge in [-0.2, -0.15) is 0 Å². The molecule has 1 nitrogen and oxygen atoms in total. The standard InChI is InChI=1S/C16H21ClFN/c1-19-16(12-8-5-3-2-4-6-9-12)13-10-7-11-14(18)15(13)17/h7-8,10-11,16,19H,2-6,9H2,1H3/b12-8+. The lowest BCUT2D eigenvalue weighted by molar-refractivity contribution is 0.569. The van der Waals surface area contributed by atoms with Crippen molar-refractivity contribution in [1.29, 1.82) is 0 Å². The summed E-state index contributed by atoms with van der Waals surface area (Å²) in [6, 6.07) is 5.07. The first-order valence-corrected chi connectivity index (χ1v) is 7.42. The van der Waals surface area contributed by atoms with E-state index in [0.717, 1.165) is 18.4 Å². The maximum absolute atomic E-state index is 13.6. The maximum Gasteiger partial charge on any atom is 0.142 e. The van der Waals surface area contributed by atoms with Gasteiger partial charge in [0.2, 0.25) is 0 Å². The van der Waals surface area contributed by atoms with Crippen LogP contribution in [0.3, 0.4) is 0 Å². The predicted octanol–water partition coefficient (Wildman–Crippen LogP) is 5.02. The summed E-state index contributed by atoms with van der Waals surface area (Å²) in [5.41, 5.74) is 2.19. The van der Waals surface area contributed by atoms with E-state index >= 15 is 0 Å². The third-order valence-electron chi connectivity index (χ3n) is 3.78. The van der Waals surface area contributed by atoms with Crippen LogP contribution in [0.25, 0.3) is 0 Å². The highest BCUT2D eigenvalue weighted by Gasteiger charge is 2.19. The Bertz CT molecular complexity index is 456. The zero-order valence-electron chi connectivity index (χ0n) is 11.4. The Hall–Kier alpha value is -0.860. The molecule has 0 heterocycles. The van der Waals surface area contributed by atoms with Gasteiger partial charge in [0.1, 0.15) is 5.82 Å².